The van der Waals surface area contributed by atoms with Gasteiger partial charge in [-0.25, -0.2) is 0 Å². The van der Waals surface area contributed by atoms with E-state index in [9.17, 15) is 4.79 Å². The number of ether oxygens (including phenoxy) is 1. The van der Waals surface area contributed by atoms with E-state index in [1.54, 1.807) is 27.5 Å². The molecule has 0 aliphatic carbocycles. The Labute approximate surface area is 160 Å². The summed E-state index contributed by atoms with van der Waals surface area (Å²) in [6.07, 6.45) is 1.55. The van der Waals surface area contributed by atoms with E-state index in [1.807, 2.05) is 61.5 Å². The van der Waals surface area contributed by atoms with Crippen LogP contribution in [0.3, 0.4) is 0 Å². The smallest absolute Gasteiger partial charge is 0.366 e. The number of carbonyl (C=O) groups is 1. The summed E-state index contributed by atoms with van der Waals surface area (Å²) in [6, 6.07) is 17.5. The molecule has 0 unspecified atom stereocenters. The minimum absolute atomic E-state index is 0.0946. The van der Waals surface area contributed by atoms with E-state index in [0.29, 0.717) is 11.3 Å². The van der Waals surface area contributed by atoms with Crippen LogP contribution >= 0.6 is 0 Å². The maximum atomic E-state index is 12.8. The van der Waals surface area contributed by atoms with Crippen molar-refractivity contribution in [3.05, 3.63) is 82.9 Å². The predicted octanol–water partition coefficient (Wildman–Crippen LogP) is 5.37. The molecule has 135 valence electrons. The van der Waals surface area contributed by atoms with Crippen molar-refractivity contribution in [3.63, 3.8) is 0 Å². The number of aryl methyl sites for hydroxylation is 2. The zero-order valence-corrected chi connectivity index (χ0v) is 16.1. The second kappa shape index (κ2) is 8.13. The van der Waals surface area contributed by atoms with E-state index in [2.05, 4.69) is 6.92 Å². The molecule has 27 heavy (non-hydrogen) atoms. The van der Waals surface area contributed by atoms with Gasteiger partial charge >= 0.3 is 7.48 Å². The Balaban J connectivity index is 1.96. The van der Waals surface area contributed by atoms with Crippen LogP contribution in [-0.2, 0) is 4.65 Å². The third-order valence-corrected chi connectivity index (χ3v) is 4.63. The molecule has 3 rings (SSSR count). The van der Waals surface area contributed by atoms with Gasteiger partial charge in [-0.3, -0.25) is 4.79 Å². The normalized spacial score (nSPS) is 11.3. The fraction of sp³-hybridized carbons (Fsp3) is 0.174. The van der Waals surface area contributed by atoms with Crippen LogP contribution in [-0.4, -0.2) is 20.4 Å². The van der Waals surface area contributed by atoms with Gasteiger partial charge in [-0.05, 0) is 60.0 Å². The van der Waals surface area contributed by atoms with E-state index in [1.165, 1.54) is 5.56 Å². The maximum Gasteiger partial charge on any atom is 0.366 e. The first-order chi connectivity index (χ1) is 13.0. The summed E-state index contributed by atoms with van der Waals surface area (Å²) < 4.78 is 10.9. The van der Waals surface area contributed by atoms with Gasteiger partial charge in [0.1, 0.15) is 11.5 Å². The monoisotopic (exact) mass is 357 g/mol. The molecule has 4 heteroatoms. The first-order valence-corrected chi connectivity index (χ1v) is 8.88. The van der Waals surface area contributed by atoms with Gasteiger partial charge in [-0.1, -0.05) is 37.2 Å². The first-order valence-electron chi connectivity index (χ1n) is 8.88. The number of allylic oxidation sites excluding steroid dienone is 1. The summed E-state index contributed by atoms with van der Waals surface area (Å²) in [7, 11) is 3.23. The number of carbonyl (C=O) groups excluding carboxylic acids is 1. The average molecular weight is 357 g/mol. The zero-order valence-electron chi connectivity index (χ0n) is 16.1. The van der Waals surface area contributed by atoms with Gasteiger partial charge < -0.3 is 9.39 Å². The van der Waals surface area contributed by atoms with Crippen molar-refractivity contribution in [2.75, 3.05) is 7.11 Å². The Kier molecular flexibility index (Phi) is 5.65. The SMILES string of the molecule is C[B]O/C(=C\C(=O)c1ccc2cc(OC)ccc2c1)c1ccc(C)c(C)c1. The third kappa shape index (κ3) is 4.22. The largest absolute Gasteiger partial charge is 0.563 e. The van der Waals surface area contributed by atoms with Crippen molar-refractivity contribution in [2.24, 2.45) is 0 Å². The summed E-state index contributed by atoms with van der Waals surface area (Å²) in [6.45, 7) is 5.90. The average Bonchev–Trinajstić information content (AvgIpc) is 2.68. The number of benzene rings is 3. The van der Waals surface area contributed by atoms with Crippen LogP contribution in [0.15, 0.2) is 60.7 Å². The van der Waals surface area contributed by atoms with E-state index in [0.717, 1.165) is 27.6 Å². The lowest BCUT2D eigenvalue weighted by Gasteiger charge is -2.11. The van der Waals surface area contributed by atoms with Crippen molar-refractivity contribution in [1.82, 2.24) is 0 Å². The lowest BCUT2D eigenvalue weighted by atomic mass is 10.00. The van der Waals surface area contributed by atoms with Gasteiger partial charge in [0.2, 0.25) is 0 Å². The highest BCUT2D eigenvalue weighted by molar-refractivity contribution is 6.27. The van der Waals surface area contributed by atoms with Crippen molar-refractivity contribution >= 4 is 29.8 Å². The van der Waals surface area contributed by atoms with Crippen LogP contribution < -0.4 is 4.74 Å². The minimum Gasteiger partial charge on any atom is -0.563 e. The van der Waals surface area contributed by atoms with Crippen molar-refractivity contribution in [1.29, 1.82) is 0 Å². The van der Waals surface area contributed by atoms with Gasteiger partial charge in [0.25, 0.3) is 0 Å². The number of hydrogen-bond acceptors (Lipinski definition) is 3. The van der Waals surface area contributed by atoms with Crippen LogP contribution in [0.2, 0.25) is 6.82 Å². The summed E-state index contributed by atoms with van der Waals surface area (Å²) in [5.41, 5.74) is 3.86. The van der Waals surface area contributed by atoms with Gasteiger partial charge in [0.05, 0.1) is 7.11 Å². The number of methoxy groups -OCH3 is 1. The van der Waals surface area contributed by atoms with Crippen LogP contribution in [0.1, 0.15) is 27.0 Å². The third-order valence-electron chi connectivity index (χ3n) is 4.63. The standard InChI is InChI=1S/C23H22BO3/c1-15-5-6-20(11-16(15)2)23(27-24-3)14-22(25)19-8-7-18-13-21(26-4)10-9-17(18)12-19/h5-14H,1-4H3/b23-14-. The molecule has 0 saturated heterocycles. The van der Waals surface area contributed by atoms with Crippen LogP contribution in [0, 0.1) is 13.8 Å². The lowest BCUT2D eigenvalue weighted by Crippen LogP contribution is -2.01. The fourth-order valence-electron chi connectivity index (χ4n) is 2.91. The highest BCUT2D eigenvalue weighted by atomic mass is 16.5. The van der Waals surface area contributed by atoms with Gasteiger partial charge in [0, 0.05) is 17.2 Å². The molecule has 1 radical (unpaired) electrons. The molecule has 0 bridgehead atoms. The predicted molar refractivity (Wildman–Crippen MR) is 111 cm³/mol. The Morgan fingerprint density at radius 3 is 2.30 bits per heavy atom. The maximum absolute atomic E-state index is 12.8. The molecule has 0 N–H and O–H groups in total. The zero-order chi connectivity index (χ0) is 19.4. The Bertz CT molecular complexity index is 1020. The number of fused-ring (bicyclic) bond motifs is 1. The van der Waals surface area contributed by atoms with E-state index >= 15 is 0 Å². The fourth-order valence-corrected chi connectivity index (χ4v) is 2.91. The van der Waals surface area contributed by atoms with Gasteiger partial charge in [0.15, 0.2) is 5.78 Å². The van der Waals surface area contributed by atoms with Crippen LogP contribution in [0.25, 0.3) is 16.5 Å². The summed E-state index contributed by atoms with van der Waals surface area (Å²) >= 11 is 0. The Morgan fingerprint density at radius 1 is 0.889 bits per heavy atom. The molecule has 0 heterocycles. The molecule has 0 amide bonds. The molecular formula is C23H22BO3. The Hall–Kier alpha value is -3.01. The first kappa shape index (κ1) is 18.8. The highest BCUT2D eigenvalue weighted by Crippen LogP contribution is 2.24. The lowest BCUT2D eigenvalue weighted by molar-refractivity contribution is 0.104. The molecule has 0 aliphatic rings. The number of rotatable bonds is 6. The molecule has 0 aromatic heterocycles. The van der Waals surface area contributed by atoms with Gasteiger partial charge in [-0.2, -0.15) is 0 Å². The minimum atomic E-state index is -0.0946. The van der Waals surface area contributed by atoms with Crippen molar-refractivity contribution in [2.45, 2.75) is 20.7 Å². The molecule has 0 saturated carbocycles. The van der Waals surface area contributed by atoms with E-state index in [4.69, 9.17) is 9.39 Å². The molecule has 3 nitrogen and oxygen atoms in total. The van der Waals surface area contributed by atoms with Crippen molar-refractivity contribution in [3.8, 4) is 5.75 Å². The van der Waals surface area contributed by atoms with Crippen molar-refractivity contribution < 1.29 is 14.2 Å². The van der Waals surface area contributed by atoms with Crippen LogP contribution in [0.5, 0.6) is 5.75 Å². The summed E-state index contributed by atoms with van der Waals surface area (Å²) in [5.74, 6) is 1.24. The summed E-state index contributed by atoms with van der Waals surface area (Å²) in [4.78, 5) is 12.8. The van der Waals surface area contributed by atoms with Crippen LogP contribution in [0.4, 0.5) is 0 Å². The molecule has 0 spiro atoms. The van der Waals surface area contributed by atoms with E-state index in [-0.39, 0.29) is 5.78 Å². The molecule has 0 aliphatic heterocycles. The molecule has 3 aromatic carbocycles. The molecular weight excluding hydrogens is 335 g/mol. The number of hydrogen-bond donors (Lipinski definition) is 0. The molecule has 0 fully saturated rings. The second-order valence-corrected chi connectivity index (χ2v) is 6.45. The van der Waals surface area contributed by atoms with Gasteiger partial charge in [-0.15, -0.1) is 0 Å². The molecule has 0 atom stereocenters. The number of ketones is 1. The second-order valence-electron chi connectivity index (χ2n) is 6.45. The summed E-state index contributed by atoms with van der Waals surface area (Å²) in [5, 5.41) is 2.02. The quantitative estimate of drug-likeness (QED) is 0.257. The topological polar surface area (TPSA) is 35.5 Å². The van der Waals surface area contributed by atoms with E-state index < -0.39 is 0 Å². The Morgan fingerprint density at radius 2 is 1.59 bits per heavy atom. The highest BCUT2D eigenvalue weighted by Gasteiger charge is 2.10. The molecule has 3 aromatic rings.